The first kappa shape index (κ1) is 75.1. The lowest BCUT2D eigenvalue weighted by Crippen LogP contribution is -2.45. The molecule has 0 aromatic carbocycles. The SMILES string of the molecule is CCCCCCCCCCCCCCCC/C=C/C(O)C(CO)NC(=O)CCCCCCCCCCCCC/C=C\C/C=C\CCCCCCCCCCCOC(=O)CCCCCCCCCCCCCCCCCCC. The van der Waals surface area contributed by atoms with Crippen LogP contribution in [0.5, 0.6) is 0 Å². The van der Waals surface area contributed by atoms with E-state index < -0.39 is 12.1 Å². The molecule has 0 fully saturated rings. The third-order valence-corrected chi connectivity index (χ3v) is 16.2. The average molecular weight is 1080 g/mol. The number of ether oxygens (including phenoxy) is 1. The molecule has 0 aromatic rings. The van der Waals surface area contributed by atoms with Gasteiger partial charge in [0.2, 0.25) is 5.91 Å². The van der Waals surface area contributed by atoms with Gasteiger partial charge in [0.15, 0.2) is 0 Å². The van der Waals surface area contributed by atoms with E-state index in [0.717, 1.165) is 44.9 Å². The largest absolute Gasteiger partial charge is 0.466 e. The Morgan fingerprint density at radius 1 is 0.364 bits per heavy atom. The fourth-order valence-corrected chi connectivity index (χ4v) is 10.8. The number of unbranched alkanes of at least 4 members (excludes halogenated alkanes) is 50. The van der Waals surface area contributed by atoms with Gasteiger partial charge in [0.1, 0.15) is 0 Å². The number of amides is 1. The van der Waals surface area contributed by atoms with Crippen molar-refractivity contribution in [2.45, 2.75) is 392 Å². The maximum Gasteiger partial charge on any atom is 0.305 e. The Morgan fingerprint density at radius 3 is 0.987 bits per heavy atom. The molecule has 0 aliphatic carbocycles. The van der Waals surface area contributed by atoms with Gasteiger partial charge in [-0.1, -0.05) is 339 Å². The molecule has 0 aliphatic rings. The highest BCUT2D eigenvalue weighted by Crippen LogP contribution is 2.18. The zero-order chi connectivity index (χ0) is 55.7. The summed E-state index contributed by atoms with van der Waals surface area (Å²) in [7, 11) is 0. The van der Waals surface area contributed by atoms with Crippen LogP contribution in [0.3, 0.4) is 0 Å². The van der Waals surface area contributed by atoms with E-state index in [1.54, 1.807) is 6.08 Å². The molecule has 6 heteroatoms. The highest BCUT2D eigenvalue weighted by Gasteiger charge is 2.18. The lowest BCUT2D eigenvalue weighted by atomic mass is 10.0. The van der Waals surface area contributed by atoms with E-state index in [-0.39, 0.29) is 18.5 Å². The Balaban J connectivity index is 3.42. The summed E-state index contributed by atoms with van der Waals surface area (Å²) >= 11 is 0. The zero-order valence-corrected chi connectivity index (χ0v) is 52.0. The van der Waals surface area contributed by atoms with Crippen molar-refractivity contribution in [2.75, 3.05) is 13.2 Å². The molecule has 0 saturated heterocycles. The summed E-state index contributed by atoms with van der Waals surface area (Å²) in [5.41, 5.74) is 0. The summed E-state index contributed by atoms with van der Waals surface area (Å²) < 4.78 is 5.50. The highest BCUT2D eigenvalue weighted by atomic mass is 16.5. The number of aliphatic hydroxyl groups is 2. The van der Waals surface area contributed by atoms with Crippen molar-refractivity contribution in [2.24, 2.45) is 0 Å². The van der Waals surface area contributed by atoms with Gasteiger partial charge in [0, 0.05) is 12.8 Å². The summed E-state index contributed by atoms with van der Waals surface area (Å²) in [6, 6.07) is -0.631. The number of hydrogen-bond donors (Lipinski definition) is 3. The van der Waals surface area contributed by atoms with Crippen LogP contribution >= 0.6 is 0 Å². The van der Waals surface area contributed by atoms with Crippen LogP contribution in [0.25, 0.3) is 0 Å². The van der Waals surface area contributed by atoms with E-state index in [1.165, 1.54) is 308 Å². The van der Waals surface area contributed by atoms with Crippen molar-refractivity contribution in [1.82, 2.24) is 5.32 Å². The van der Waals surface area contributed by atoms with Crippen LogP contribution in [0.4, 0.5) is 0 Å². The second-order valence-corrected chi connectivity index (χ2v) is 23.9. The second-order valence-electron chi connectivity index (χ2n) is 23.9. The fraction of sp³-hybridized carbons (Fsp3) is 0.887. The molecule has 454 valence electrons. The predicted molar refractivity (Wildman–Crippen MR) is 338 cm³/mol. The van der Waals surface area contributed by atoms with Crippen molar-refractivity contribution >= 4 is 11.9 Å². The van der Waals surface area contributed by atoms with Crippen molar-refractivity contribution in [3.8, 4) is 0 Å². The van der Waals surface area contributed by atoms with Gasteiger partial charge >= 0.3 is 5.97 Å². The lowest BCUT2D eigenvalue weighted by Gasteiger charge is -2.20. The first-order valence-corrected chi connectivity index (χ1v) is 34.8. The monoisotopic (exact) mass is 1080 g/mol. The van der Waals surface area contributed by atoms with Crippen LogP contribution in [0.2, 0.25) is 0 Å². The van der Waals surface area contributed by atoms with Gasteiger partial charge in [-0.15, -0.1) is 0 Å². The number of aliphatic hydroxyl groups excluding tert-OH is 2. The predicted octanol–water partition coefficient (Wildman–Crippen LogP) is 22.3. The first-order valence-electron chi connectivity index (χ1n) is 34.8. The fourth-order valence-electron chi connectivity index (χ4n) is 10.8. The molecule has 0 aliphatic heterocycles. The Labute approximate surface area is 481 Å². The zero-order valence-electron chi connectivity index (χ0n) is 52.0. The second kappa shape index (κ2) is 66.6. The Hall–Kier alpha value is -1.92. The number of hydrogen-bond acceptors (Lipinski definition) is 5. The van der Waals surface area contributed by atoms with E-state index in [9.17, 15) is 19.8 Å². The summed E-state index contributed by atoms with van der Waals surface area (Å²) in [6.07, 6.45) is 85.0. The van der Waals surface area contributed by atoms with Gasteiger partial charge in [-0.3, -0.25) is 9.59 Å². The maximum atomic E-state index is 12.5. The molecule has 1 amide bonds. The molecule has 2 unspecified atom stereocenters. The van der Waals surface area contributed by atoms with E-state index in [2.05, 4.69) is 43.5 Å². The molecule has 0 radical (unpaired) electrons. The number of carbonyl (C=O) groups excluding carboxylic acids is 2. The standard InChI is InChI=1S/C71H135NO5/c1-3-5-7-9-11-13-15-17-19-32-37-41-45-49-53-57-61-65-71(76)77-66-62-58-54-50-46-42-38-34-31-29-27-25-23-21-22-24-26-28-30-33-36-40-44-48-52-56-60-64-70(75)72-68(67-73)69(74)63-59-55-51-47-43-39-35-20-18-16-14-12-10-8-6-4-2/h21-22,25,27,59,63,68-69,73-74H,3-20,23-24,26,28-58,60-62,64-67H2,1-2H3,(H,72,75)/b22-21-,27-25-,63-59+. The topological polar surface area (TPSA) is 95.9 Å². The molecule has 0 rings (SSSR count). The van der Waals surface area contributed by atoms with E-state index >= 15 is 0 Å². The van der Waals surface area contributed by atoms with Gasteiger partial charge in [0.05, 0.1) is 25.4 Å². The molecular formula is C71H135NO5. The minimum Gasteiger partial charge on any atom is -0.466 e. The number of esters is 1. The molecule has 0 bridgehead atoms. The molecule has 0 aromatic heterocycles. The van der Waals surface area contributed by atoms with Gasteiger partial charge < -0.3 is 20.3 Å². The Morgan fingerprint density at radius 2 is 0.649 bits per heavy atom. The molecule has 0 heterocycles. The van der Waals surface area contributed by atoms with Crippen LogP contribution in [0.1, 0.15) is 380 Å². The first-order chi connectivity index (χ1) is 38.0. The minimum absolute atomic E-state index is 0.0146. The van der Waals surface area contributed by atoms with Crippen molar-refractivity contribution < 1.29 is 24.5 Å². The summed E-state index contributed by atoms with van der Waals surface area (Å²) in [4.78, 5) is 24.6. The molecule has 0 saturated carbocycles. The smallest absolute Gasteiger partial charge is 0.305 e. The van der Waals surface area contributed by atoms with E-state index in [1.807, 2.05) is 6.08 Å². The third kappa shape index (κ3) is 63.1. The molecule has 6 nitrogen and oxygen atoms in total. The quantitative estimate of drug-likeness (QED) is 0.0320. The average Bonchev–Trinajstić information content (AvgIpc) is 3.43. The van der Waals surface area contributed by atoms with Gasteiger partial charge in [0.25, 0.3) is 0 Å². The highest BCUT2D eigenvalue weighted by molar-refractivity contribution is 5.76. The molecule has 77 heavy (non-hydrogen) atoms. The third-order valence-electron chi connectivity index (χ3n) is 16.2. The normalized spacial score (nSPS) is 12.7. The lowest BCUT2D eigenvalue weighted by molar-refractivity contribution is -0.143. The molecule has 3 N–H and O–H groups in total. The molecule has 2 atom stereocenters. The summed E-state index contributed by atoms with van der Waals surface area (Å²) in [5.74, 6) is -0.0544. The summed E-state index contributed by atoms with van der Waals surface area (Å²) in [5, 5.41) is 23.2. The van der Waals surface area contributed by atoms with Crippen molar-refractivity contribution in [3.63, 3.8) is 0 Å². The van der Waals surface area contributed by atoms with Crippen LogP contribution in [-0.4, -0.2) is 47.4 Å². The minimum atomic E-state index is -0.847. The van der Waals surface area contributed by atoms with Crippen LogP contribution in [0, 0.1) is 0 Å². The number of nitrogens with one attached hydrogen (secondary N) is 1. The maximum absolute atomic E-state index is 12.5. The van der Waals surface area contributed by atoms with Crippen LogP contribution < -0.4 is 5.32 Å². The van der Waals surface area contributed by atoms with Gasteiger partial charge in [-0.05, 0) is 64.2 Å². The van der Waals surface area contributed by atoms with Crippen LogP contribution in [-0.2, 0) is 14.3 Å². The van der Waals surface area contributed by atoms with E-state index in [4.69, 9.17) is 4.74 Å². The number of allylic oxidation sites excluding steroid dienone is 5. The van der Waals surface area contributed by atoms with Gasteiger partial charge in [-0.2, -0.15) is 0 Å². The number of rotatable bonds is 65. The number of carbonyl (C=O) groups is 2. The molecular weight excluding hydrogens is 947 g/mol. The van der Waals surface area contributed by atoms with Crippen molar-refractivity contribution in [1.29, 1.82) is 0 Å². The molecule has 0 spiro atoms. The Bertz CT molecular complexity index is 1250. The Kier molecular flexibility index (Phi) is 64.9. The van der Waals surface area contributed by atoms with E-state index in [0.29, 0.717) is 19.4 Å². The summed E-state index contributed by atoms with van der Waals surface area (Å²) in [6.45, 7) is 4.93. The van der Waals surface area contributed by atoms with Gasteiger partial charge in [-0.25, -0.2) is 0 Å². The van der Waals surface area contributed by atoms with Crippen molar-refractivity contribution in [3.05, 3.63) is 36.5 Å². The van der Waals surface area contributed by atoms with Crippen LogP contribution in [0.15, 0.2) is 36.5 Å².